The summed E-state index contributed by atoms with van der Waals surface area (Å²) in [6, 6.07) is 8.01. The Bertz CT molecular complexity index is 675. The molecule has 0 saturated carbocycles. The predicted octanol–water partition coefficient (Wildman–Crippen LogP) is 3.00. The summed E-state index contributed by atoms with van der Waals surface area (Å²) in [6.45, 7) is 6.95. The highest BCUT2D eigenvalue weighted by Crippen LogP contribution is 2.15. The molecular weight excluding hydrogens is 368 g/mol. The van der Waals surface area contributed by atoms with Crippen molar-refractivity contribution < 1.29 is 19.1 Å². The molecule has 1 heterocycles. The Balaban J connectivity index is 1.69. The molecule has 0 aliphatic carbocycles. The Hall–Kier alpha value is -2.37. The fraction of sp³-hybridized carbons (Fsp3) is 0.609. The average Bonchev–Trinajstić information content (AvgIpc) is 2.66. The van der Waals surface area contributed by atoms with Gasteiger partial charge in [0.05, 0.1) is 13.0 Å². The quantitative estimate of drug-likeness (QED) is 0.557. The van der Waals surface area contributed by atoms with Crippen molar-refractivity contribution in [1.29, 1.82) is 0 Å². The number of benzene rings is 1. The lowest BCUT2D eigenvalue weighted by Crippen LogP contribution is -2.62. The lowest BCUT2D eigenvalue weighted by Gasteiger charge is -2.29. The van der Waals surface area contributed by atoms with Gasteiger partial charge < -0.3 is 15.4 Å². The second-order valence-corrected chi connectivity index (χ2v) is 8.46. The standard InChI is InChI=1S/C23H34N2O4/c1-16(2)8-7-9-17(3)12-13-29-21(26)15-20-23(28)24-19(22(27)25-20)14-18-10-5-4-6-11-18/h4-6,10-11,16-17,19-20H,7-9,12-15H2,1-3H3,(H,24,28)(H,25,27)/t17?,19-,20-/m0/s1. The molecule has 0 radical (unpaired) electrons. The van der Waals surface area contributed by atoms with Crippen LogP contribution in [-0.2, 0) is 25.5 Å². The van der Waals surface area contributed by atoms with Crippen LogP contribution in [0.2, 0.25) is 0 Å². The second kappa shape index (κ2) is 11.6. The molecule has 1 aromatic rings. The molecule has 1 saturated heterocycles. The lowest BCUT2D eigenvalue weighted by atomic mass is 9.98. The summed E-state index contributed by atoms with van der Waals surface area (Å²) in [5, 5.41) is 5.37. The largest absolute Gasteiger partial charge is 0.466 e. The summed E-state index contributed by atoms with van der Waals surface area (Å²) in [7, 11) is 0. The number of hydrogen-bond donors (Lipinski definition) is 2. The van der Waals surface area contributed by atoms with Gasteiger partial charge in [-0.15, -0.1) is 0 Å². The molecule has 1 aliphatic heterocycles. The molecule has 1 aromatic carbocycles. The zero-order valence-corrected chi connectivity index (χ0v) is 17.8. The SMILES string of the molecule is CC(C)CCCC(C)CCOC(=O)C[C@@H]1NC(=O)[C@H](Cc2ccccc2)NC1=O. The normalized spacial score (nSPS) is 20.1. The van der Waals surface area contributed by atoms with Gasteiger partial charge in [0.15, 0.2) is 0 Å². The molecule has 2 rings (SSSR count). The molecule has 2 N–H and O–H groups in total. The highest BCUT2D eigenvalue weighted by molar-refractivity contribution is 5.98. The Morgan fingerprint density at radius 2 is 1.62 bits per heavy atom. The van der Waals surface area contributed by atoms with Gasteiger partial charge in [-0.3, -0.25) is 14.4 Å². The van der Waals surface area contributed by atoms with Crippen molar-refractivity contribution in [3.8, 4) is 0 Å². The monoisotopic (exact) mass is 402 g/mol. The van der Waals surface area contributed by atoms with Crippen molar-refractivity contribution in [1.82, 2.24) is 10.6 Å². The highest BCUT2D eigenvalue weighted by Gasteiger charge is 2.35. The maximum Gasteiger partial charge on any atom is 0.308 e. The summed E-state index contributed by atoms with van der Waals surface area (Å²) >= 11 is 0. The second-order valence-electron chi connectivity index (χ2n) is 8.46. The van der Waals surface area contributed by atoms with E-state index in [2.05, 4.69) is 31.4 Å². The zero-order valence-electron chi connectivity index (χ0n) is 17.8. The van der Waals surface area contributed by atoms with E-state index in [-0.39, 0.29) is 18.2 Å². The first-order valence-corrected chi connectivity index (χ1v) is 10.7. The van der Waals surface area contributed by atoms with E-state index in [1.54, 1.807) is 0 Å². The van der Waals surface area contributed by atoms with Gasteiger partial charge in [-0.2, -0.15) is 0 Å². The Labute approximate surface area is 173 Å². The number of nitrogens with one attached hydrogen (secondary N) is 2. The fourth-order valence-corrected chi connectivity index (χ4v) is 3.43. The maximum atomic E-state index is 12.3. The van der Waals surface area contributed by atoms with Crippen molar-refractivity contribution >= 4 is 17.8 Å². The molecule has 160 valence electrons. The zero-order chi connectivity index (χ0) is 21.2. The van der Waals surface area contributed by atoms with Gasteiger partial charge in [0.25, 0.3) is 0 Å². The van der Waals surface area contributed by atoms with E-state index in [1.807, 2.05) is 30.3 Å². The van der Waals surface area contributed by atoms with E-state index in [0.717, 1.165) is 18.4 Å². The van der Waals surface area contributed by atoms with Crippen LogP contribution in [0.5, 0.6) is 0 Å². The Morgan fingerprint density at radius 3 is 2.31 bits per heavy atom. The molecule has 0 aromatic heterocycles. The van der Waals surface area contributed by atoms with Crippen LogP contribution >= 0.6 is 0 Å². The number of carbonyl (C=O) groups is 3. The number of esters is 1. The van der Waals surface area contributed by atoms with Crippen molar-refractivity contribution in [2.24, 2.45) is 11.8 Å². The molecule has 1 unspecified atom stereocenters. The first-order valence-electron chi connectivity index (χ1n) is 10.7. The maximum absolute atomic E-state index is 12.3. The molecule has 2 amide bonds. The van der Waals surface area contributed by atoms with Crippen molar-refractivity contribution in [2.75, 3.05) is 6.61 Å². The van der Waals surface area contributed by atoms with Gasteiger partial charge in [0, 0.05) is 6.42 Å². The third-order valence-electron chi connectivity index (χ3n) is 5.27. The highest BCUT2D eigenvalue weighted by atomic mass is 16.5. The van der Waals surface area contributed by atoms with Crippen LogP contribution in [0.3, 0.4) is 0 Å². The minimum atomic E-state index is -0.870. The fourth-order valence-electron chi connectivity index (χ4n) is 3.43. The van der Waals surface area contributed by atoms with Gasteiger partial charge in [-0.05, 0) is 23.8 Å². The molecule has 0 spiro atoms. The molecule has 0 bridgehead atoms. The van der Waals surface area contributed by atoms with E-state index in [9.17, 15) is 14.4 Å². The summed E-state index contributed by atoms with van der Waals surface area (Å²) in [6.07, 6.45) is 4.62. The summed E-state index contributed by atoms with van der Waals surface area (Å²) in [5.41, 5.74) is 0.966. The van der Waals surface area contributed by atoms with Gasteiger partial charge in [-0.25, -0.2) is 0 Å². The summed E-state index contributed by atoms with van der Waals surface area (Å²) < 4.78 is 5.28. The molecule has 6 nitrogen and oxygen atoms in total. The topological polar surface area (TPSA) is 84.5 Å². The number of carbonyl (C=O) groups excluding carboxylic acids is 3. The van der Waals surface area contributed by atoms with E-state index < -0.39 is 18.1 Å². The van der Waals surface area contributed by atoms with Crippen LogP contribution < -0.4 is 10.6 Å². The molecule has 1 fully saturated rings. The van der Waals surface area contributed by atoms with Gasteiger partial charge in [0.2, 0.25) is 11.8 Å². The molecule has 29 heavy (non-hydrogen) atoms. The number of ether oxygens (including phenoxy) is 1. The number of hydrogen-bond acceptors (Lipinski definition) is 4. The molecule has 3 atom stereocenters. The van der Waals surface area contributed by atoms with Crippen LogP contribution in [0.4, 0.5) is 0 Å². The van der Waals surface area contributed by atoms with Crippen LogP contribution in [-0.4, -0.2) is 36.5 Å². The lowest BCUT2D eigenvalue weighted by molar-refractivity contribution is -0.148. The summed E-state index contributed by atoms with van der Waals surface area (Å²) in [4.78, 5) is 36.7. The first-order chi connectivity index (χ1) is 13.8. The average molecular weight is 403 g/mol. The number of rotatable bonds is 11. The Kier molecular flexibility index (Phi) is 9.16. The van der Waals surface area contributed by atoms with Crippen LogP contribution in [0.1, 0.15) is 58.4 Å². The van der Waals surface area contributed by atoms with Gasteiger partial charge in [-0.1, -0.05) is 70.4 Å². The smallest absolute Gasteiger partial charge is 0.308 e. The van der Waals surface area contributed by atoms with Crippen LogP contribution in [0.15, 0.2) is 30.3 Å². The van der Waals surface area contributed by atoms with Gasteiger partial charge in [0.1, 0.15) is 12.1 Å². The minimum absolute atomic E-state index is 0.142. The third-order valence-corrected chi connectivity index (χ3v) is 5.27. The first kappa shape index (κ1) is 22.9. The van der Waals surface area contributed by atoms with E-state index in [4.69, 9.17) is 4.74 Å². The van der Waals surface area contributed by atoms with E-state index in [1.165, 1.54) is 12.8 Å². The van der Waals surface area contributed by atoms with Crippen LogP contribution in [0.25, 0.3) is 0 Å². The predicted molar refractivity (Wildman–Crippen MR) is 112 cm³/mol. The van der Waals surface area contributed by atoms with E-state index in [0.29, 0.717) is 24.9 Å². The van der Waals surface area contributed by atoms with Crippen molar-refractivity contribution in [3.05, 3.63) is 35.9 Å². The van der Waals surface area contributed by atoms with Crippen LogP contribution in [0, 0.1) is 11.8 Å². The van der Waals surface area contributed by atoms with Crippen molar-refractivity contribution in [3.63, 3.8) is 0 Å². The molecule has 1 aliphatic rings. The number of piperazine rings is 1. The van der Waals surface area contributed by atoms with Crippen molar-refractivity contribution in [2.45, 2.75) is 71.4 Å². The van der Waals surface area contributed by atoms with Gasteiger partial charge >= 0.3 is 5.97 Å². The van der Waals surface area contributed by atoms with E-state index >= 15 is 0 Å². The summed E-state index contributed by atoms with van der Waals surface area (Å²) in [5.74, 6) is 0.137. The minimum Gasteiger partial charge on any atom is -0.466 e. The molecule has 6 heteroatoms. The Morgan fingerprint density at radius 1 is 0.966 bits per heavy atom. The molecular formula is C23H34N2O4. The third kappa shape index (κ3) is 8.26. The number of amides is 2.